The van der Waals surface area contributed by atoms with Gasteiger partial charge in [0.1, 0.15) is 10.8 Å². The van der Waals surface area contributed by atoms with E-state index in [4.69, 9.17) is 18.0 Å². The highest BCUT2D eigenvalue weighted by atomic mass is 32.1. The first-order valence-electron chi connectivity index (χ1n) is 5.11. The first kappa shape index (κ1) is 14.7. The molecule has 0 amide bonds. The molecule has 0 radical (unpaired) electrons. The van der Waals surface area contributed by atoms with Gasteiger partial charge in [-0.2, -0.15) is 13.2 Å². The van der Waals surface area contributed by atoms with Crippen LogP contribution in [0, 0.1) is 5.82 Å². The molecule has 0 saturated heterocycles. The fourth-order valence-corrected chi connectivity index (χ4v) is 1.68. The molecule has 0 heterocycles. The van der Waals surface area contributed by atoms with Crippen LogP contribution in [0.4, 0.5) is 23.2 Å². The van der Waals surface area contributed by atoms with Gasteiger partial charge in [0.2, 0.25) is 0 Å². The second-order valence-corrected chi connectivity index (χ2v) is 4.36. The Kier molecular flexibility index (Phi) is 4.50. The summed E-state index contributed by atoms with van der Waals surface area (Å²) in [5.41, 5.74) is 5.87. The Bertz CT molecular complexity index is 445. The van der Waals surface area contributed by atoms with Crippen LogP contribution in [0.1, 0.15) is 18.9 Å². The monoisotopic (exact) mass is 280 g/mol. The zero-order valence-corrected chi connectivity index (χ0v) is 10.3. The molecular formula is C11H12F4N2S. The summed E-state index contributed by atoms with van der Waals surface area (Å²) in [4.78, 5) is -0.0730. The molecule has 18 heavy (non-hydrogen) atoms. The van der Waals surface area contributed by atoms with Crippen LogP contribution in [-0.2, 0) is 0 Å². The van der Waals surface area contributed by atoms with Crippen molar-refractivity contribution in [1.82, 2.24) is 0 Å². The van der Waals surface area contributed by atoms with Gasteiger partial charge in [0.25, 0.3) is 0 Å². The summed E-state index contributed by atoms with van der Waals surface area (Å²) in [6.45, 7) is 1.38. The van der Waals surface area contributed by atoms with Crippen LogP contribution in [-0.4, -0.2) is 17.2 Å². The highest BCUT2D eigenvalue weighted by molar-refractivity contribution is 7.80. The topological polar surface area (TPSA) is 38.0 Å². The lowest BCUT2D eigenvalue weighted by atomic mass is 10.1. The van der Waals surface area contributed by atoms with Crippen LogP contribution < -0.4 is 11.1 Å². The van der Waals surface area contributed by atoms with E-state index in [1.807, 2.05) is 0 Å². The van der Waals surface area contributed by atoms with Gasteiger partial charge in [0.15, 0.2) is 0 Å². The number of nitrogens with two attached hydrogens (primary N) is 1. The number of benzene rings is 1. The van der Waals surface area contributed by atoms with Crippen LogP contribution in [0.15, 0.2) is 18.2 Å². The Labute approximate surface area is 107 Å². The number of thiocarbonyl (C=S) groups is 1. The lowest BCUT2D eigenvalue weighted by molar-refractivity contribution is -0.136. The largest absolute Gasteiger partial charge is 0.391 e. The summed E-state index contributed by atoms with van der Waals surface area (Å²) in [6.07, 6.45) is -5.27. The number of halogens is 4. The van der Waals surface area contributed by atoms with Crippen molar-refractivity contribution in [2.45, 2.75) is 25.6 Å². The smallest absolute Gasteiger partial charge is 0.389 e. The molecule has 0 aliphatic carbocycles. The fourth-order valence-electron chi connectivity index (χ4n) is 1.51. The van der Waals surface area contributed by atoms with E-state index in [-0.39, 0.29) is 10.6 Å². The molecule has 1 aromatic rings. The predicted octanol–water partition coefficient (Wildman–Crippen LogP) is 3.21. The molecule has 2 nitrogen and oxygen atoms in total. The molecule has 0 saturated carbocycles. The van der Waals surface area contributed by atoms with E-state index in [1.54, 1.807) is 0 Å². The van der Waals surface area contributed by atoms with Crippen LogP contribution in [0.3, 0.4) is 0 Å². The van der Waals surface area contributed by atoms with E-state index in [2.05, 4.69) is 5.32 Å². The Morgan fingerprint density at radius 3 is 2.56 bits per heavy atom. The van der Waals surface area contributed by atoms with Gasteiger partial charge >= 0.3 is 6.18 Å². The summed E-state index contributed by atoms with van der Waals surface area (Å²) < 4.78 is 49.5. The van der Waals surface area contributed by atoms with Crippen molar-refractivity contribution in [3.8, 4) is 0 Å². The average molecular weight is 280 g/mol. The fraction of sp³-hybridized carbons (Fsp3) is 0.364. The third-order valence-electron chi connectivity index (χ3n) is 2.19. The molecule has 0 aliphatic heterocycles. The standard InChI is InChI=1S/C11H12F4N2S/c1-6(5-11(13,14)15)17-9-3-2-7(12)4-8(9)10(16)18/h2-4,6,17H,5H2,1H3,(H2,16,18). The molecule has 0 spiro atoms. The van der Waals surface area contributed by atoms with Gasteiger partial charge in [-0.15, -0.1) is 0 Å². The minimum Gasteiger partial charge on any atom is -0.389 e. The van der Waals surface area contributed by atoms with E-state index in [0.717, 1.165) is 12.1 Å². The third kappa shape index (κ3) is 4.48. The zero-order chi connectivity index (χ0) is 13.9. The molecule has 0 fully saturated rings. The first-order chi connectivity index (χ1) is 8.19. The Hall–Kier alpha value is -1.37. The molecule has 1 atom stereocenters. The van der Waals surface area contributed by atoms with Crippen molar-refractivity contribution in [3.63, 3.8) is 0 Å². The second kappa shape index (κ2) is 5.51. The molecule has 1 rings (SSSR count). The number of rotatable bonds is 4. The van der Waals surface area contributed by atoms with Crippen molar-refractivity contribution in [3.05, 3.63) is 29.6 Å². The summed E-state index contributed by atoms with van der Waals surface area (Å²) in [7, 11) is 0. The van der Waals surface area contributed by atoms with Crippen molar-refractivity contribution >= 4 is 22.9 Å². The summed E-state index contributed by atoms with van der Waals surface area (Å²) in [5.74, 6) is -0.549. The Balaban J connectivity index is 2.87. The van der Waals surface area contributed by atoms with E-state index < -0.39 is 24.5 Å². The van der Waals surface area contributed by atoms with Crippen molar-refractivity contribution in [2.75, 3.05) is 5.32 Å². The molecule has 1 unspecified atom stereocenters. The molecule has 0 aromatic heterocycles. The minimum absolute atomic E-state index is 0.0730. The lowest BCUT2D eigenvalue weighted by Gasteiger charge is -2.19. The molecule has 0 bridgehead atoms. The minimum atomic E-state index is -4.27. The molecule has 1 aromatic carbocycles. The van der Waals surface area contributed by atoms with E-state index >= 15 is 0 Å². The van der Waals surface area contributed by atoms with Crippen molar-refractivity contribution in [1.29, 1.82) is 0 Å². The van der Waals surface area contributed by atoms with Gasteiger partial charge in [0.05, 0.1) is 6.42 Å². The highest BCUT2D eigenvalue weighted by Crippen LogP contribution is 2.25. The van der Waals surface area contributed by atoms with Crippen molar-refractivity contribution < 1.29 is 17.6 Å². The summed E-state index contributed by atoms with van der Waals surface area (Å²) in [6, 6.07) is 2.68. The second-order valence-electron chi connectivity index (χ2n) is 3.92. The van der Waals surface area contributed by atoms with Crippen molar-refractivity contribution in [2.24, 2.45) is 5.73 Å². The predicted molar refractivity (Wildman–Crippen MR) is 66.0 cm³/mol. The molecule has 7 heteroatoms. The number of hydrogen-bond donors (Lipinski definition) is 2. The Morgan fingerprint density at radius 2 is 2.06 bits per heavy atom. The van der Waals surface area contributed by atoms with Crippen LogP contribution >= 0.6 is 12.2 Å². The zero-order valence-electron chi connectivity index (χ0n) is 9.51. The highest BCUT2D eigenvalue weighted by Gasteiger charge is 2.30. The van der Waals surface area contributed by atoms with E-state index in [0.29, 0.717) is 5.69 Å². The number of nitrogens with one attached hydrogen (secondary N) is 1. The molecular weight excluding hydrogens is 268 g/mol. The number of hydrogen-bond acceptors (Lipinski definition) is 2. The molecule has 0 aliphatic rings. The maximum atomic E-state index is 13.0. The van der Waals surface area contributed by atoms with E-state index in [1.165, 1.54) is 13.0 Å². The van der Waals surface area contributed by atoms with Gasteiger partial charge in [0, 0.05) is 17.3 Å². The van der Waals surface area contributed by atoms with Gasteiger partial charge < -0.3 is 11.1 Å². The summed E-state index contributed by atoms with van der Waals surface area (Å²) >= 11 is 4.72. The maximum Gasteiger partial charge on any atom is 0.391 e. The quantitative estimate of drug-likeness (QED) is 0.657. The van der Waals surface area contributed by atoms with Gasteiger partial charge in [-0.25, -0.2) is 4.39 Å². The van der Waals surface area contributed by atoms with Crippen LogP contribution in [0.25, 0.3) is 0 Å². The third-order valence-corrected chi connectivity index (χ3v) is 2.41. The summed E-state index contributed by atoms with van der Waals surface area (Å²) in [5, 5.41) is 2.62. The number of anilines is 1. The maximum absolute atomic E-state index is 13.0. The van der Waals surface area contributed by atoms with Gasteiger partial charge in [-0.3, -0.25) is 0 Å². The molecule has 100 valence electrons. The van der Waals surface area contributed by atoms with Gasteiger partial charge in [-0.05, 0) is 25.1 Å². The van der Waals surface area contributed by atoms with Crippen LogP contribution in [0.2, 0.25) is 0 Å². The van der Waals surface area contributed by atoms with E-state index in [9.17, 15) is 17.6 Å². The molecule has 3 N–H and O–H groups in total. The normalized spacial score (nSPS) is 13.2. The van der Waals surface area contributed by atoms with Gasteiger partial charge in [-0.1, -0.05) is 12.2 Å². The number of alkyl halides is 3. The first-order valence-corrected chi connectivity index (χ1v) is 5.52. The lowest BCUT2D eigenvalue weighted by Crippen LogP contribution is -2.25. The Morgan fingerprint density at radius 1 is 1.44 bits per heavy atom. The average Bonchev–Trinajstić information content (AvgIpc) is 2.17. The van der Waals surface area contributed by atoms with Crippen LogP contribution in [0.5, 0.6) is 0 Å². The SMILES string of the molecule is CC(CC(F)(F)F)Nc1ccc(F)cc1C(N)=S.